The first kappa shape index (κ1) is 17.3. The summed E-state index contributed by atoms with van der Waals surface area (Å²) in [7, 11) is -3.23. The average Bonchev–Trinajstić information content (AvgIpc) is 2.37. The van der Waals surface area contributed by atoms with Crippen molar-refractivity contribution in [2.24, 2.45) is 0 Å². The predicted octanol–water partition coefficient (Wildman–Crippen LogP) is 0.977. The van der Waals surface area contributed by atoms with Crippen LogP contribution in [0, 0.1) is 0 Å². The molecule has 21 heavy (non-hydrogen) atoms. The van der Waals surface area contributed by atoms with Gasteiger partial charge in [0, 0.05) is 12.8 Å². The number of para-hydroxylation sites is 2. The van der Waals surface area contributed by atoms with Gasteiger partial charge in [-0.25, -0.2) is 8.42 Å². The average molecular weight is 314 g/mol. The molecule has 6 nitrogen and oxygen atoms in total. The summed E-state index contributed by atoms with van der Waals surface area (Å²) in [6.07, 6.45) is 1.29. The van der Waals surface area contributed by atoms with Gasteiger partial charge in [0.15, 0.2) is 9.84 Å². The van der Waals surface area contributed by atoms with Gasteiger partial charge in [0.25, 0.3) is 0 Å². The Kier molecular flexibility index (Phi) is 5.60. The Morgan fingerprint density at radius 2 is 1.95 bits per heavy atom. The Balaban J connectivity index is 2.37. The number of nitrogen functional groups attached to an aromatic ring is 1. The van der Waals surface area contributed by atoms with E-state index in [0.29, 0.717) is 11.4 Å². The van der Waals surface area contributed by atoms with E-state index in [2.05, 4.69) is 5.32 Å². The molecule has 1 aromatic carbocycles. The quantitative estimate of drug-likeness (QED) is 0.731. The van der Waals surface area contributed by atoms with Crippen LogP contribution in [0.4, 0.5) is 5.69 Å². The van der Waals surface area contributed by atoms with Gasteiger partial charge in [-0.2, -0.15) is 0 Å². The molecule has 0 fully saturated rings. The third-order valence-corrected chi connectivity index (χ3v) is 5.37. The Morgan fingerprint density at radius 3 is 2.52 bits per heavy atom. The number of amides is 1. The fourth-order valence-electron chi connectivity index (χ4n) is 1.40. The van der Waals surface area contributed by atoms with E-state index in [1.165, 1.54) is 0 Å². The van der Waals surface area contributed by atoms with Crippen LogP contribution in [0.1, 0.15) is 20.3 Å². The first-order valence-corrected chi connectivity index (χ1v) is 8.46. The molecule has 1 rings (SSSR count). The van der Waals surface area contributed by atoms with Crippen molar-refractivity contribution in [2.75, 3.05) is 25.1 Å². The van der Waals surface area contributed by atoms with Gasteiger partial charge in [-0.05, 0) is 26.0 Å². The number of carbonyl (C=O) groups is 1. The van der Waals surface area contributed by atoms with Gasteiger partial charge in [0.05, 0.1) is 23.5 Å². The van der Waals surface area contributed by atoms with Crippen LogP contribution in [0.3, 0.4) is 0 Å². The number of sulfone groups is 1. The molecule has 118 valence electrons. The van der Waals surface area contributed by atoms with Crippen molar-refractivity contribution in [2.45, 2.75) is 25.0 Å². The molecule has 0 aliphatic carbocycles. The Labute approximate surface area is 125 Å². The number of nitrogens with two attached hydrogens (primary N) is 1. The van der Waals surface area contributed by atoms with E-state index in [1.807, 2.05) is 0 Å². The van der Waals surface area contributed by atoms with Crippen molar-refractivity contribution < 1.29 is 17.9 Å². The van der Waals surface area contributed by atoms with Crippen molar-refractivity contribution in [1.29, 1.82) is 0 Å². The summed E-state index contributed by atoms with van der Waals surface area (Å²) in [6, 6.07) is 7.02. The minimum atomic E-state index is -3.23. The first-order valence-electron chi connectivity index (χ1n) is 6.57. The standard InChI is InChI=1S/C14H22N2O4S/c1-14(2,21(3,18)19)10-16-13(17)8-9-20-12-7-5-4-6-11(12)15/h4-7H,8-10,15H2,1-3H3,(H,16,17). The Bertz CT molecular complexity index is 597. The van der Waals surface area contributed by atoms with E-state index in [4.69, 9.17) is 10.5 Å². The third kappa shape index (κ3) is 5.26. The summed E-state index contributed by atoms with van der Waals surface area (Å²) in [6.45, 7) is 3.39. The summed E-state index contributed by atoms with van der Waals surface area (Å²) in [5.41, 5.74) is 6.22. The number of ether oxygens (including phenoxy) is 1. The van der Waals surface area contributed by atoms with Crippen LogP contribution in [0.15, 0.2) is 24.3 Å². The minimum absolute atomic E-state index is 0.0676. The summed E-state index contributed by atoms with van der Waals surface area (Å²) in [5, 5.41) is 2.60. The SMILES string of the molecule is CC(C)(CNC(=O)CCOc1ccccc1N)S(C)(=O)=O. The zero-order valence-electron chi connectivity index (χ0n) is 12.5. The second-order valence-corrected chi connectivity index (χ2v) is 8.09. The van der Waals surface area contributed by atoms with Crippen LogP contribution in [0.25, 0.3) is 0 Å². The van der Waals surface area contributed by atoms with Crippen LogP contribution in [-0.4, -0.2) is 38.5 Å². The monoisotopic (exact) mass is 314 g/mol. The number of anilines is 1. The zero-order chi connectivity index (χ0) is 16.1. The highest BCUT2D eigenvalue weighted by Gasteiger charge is 2.30. The summed E-state index contributed by atoms with van der Waals surface area (Å²) in [4.78, 5) is 11.7. The van der Waals surface area contributed by atoms with Crippen molar-refractivity contribution in [3.8, 4) is 5.75 Å². The molecule has 0 spiro atoms. The molecule has 7 heteroatoms. The molecular formula is C14H22N2O4S. The summed E-state index contributed by atoms with van der Waals surface area (Å²) < 4.78 is 27.4. The Hall–Kier alpha value is -1.76. The molecule has 0 atom stereocenters. The van der Waals surface area contributed by atoms with E-state index in [0.717, 1.165) is 6.26 Å². The van der Waals surface area contributed by atoms with Crippen LogP contribution in [0.2, 0.25) is 0 Å². The largest absolute Gasteiger partial charge is 0.491 e. The maximum Gasteiger partial charge on any atom is 0.223 e. The molecule has 0 aromatic heterocycles. The lowest BCUT2D eigenvalue weighted by atomic mass is 10.2. The molecule has 0 heterocycles. The highest BCUT2D eigenvalue weighted by atomic mass is 32.2. The molecule has 0 aliphatic heterocycles. The van der Waals surface area contributed by atoms with Gasteiger partial charge in [-0.15, -0.1) is 0 Å². The van der Waals surface area contributed by atoms with E-state index >= 15 is 0 Å². The number of carbonyl (C=O) groups excluding carboxylic acids is 1. The maximum absolute atomic E-state index is 11.7. The molecular weight excluding hydrogens is 292 g/mol. The van der Waals surface area contributed by atoms with E-state index in [-0.39, 0.29) is 25.5 Å². The fourth-order valence-corrected chi connectivity index (χ4v) is 1.73. The van der Waals surface area contributed by atoms with Crippen LogP contribution >= 0.6 is 0 Å². The number of benzene rings is 1. The smallest absolute Gasteiger partial charge is 0.223 e. The van der Waals surface area contributed by atoms with Gasteiger partial charge >= 0.3 is 0 Å². The molecule has 1 amide bonds. The molecule has 3 N–H and O–H groups in total. The maximum atomic E-state index is 11.7. The van der Waals surface area contributed by atoms with Gasteiger partial charge in [-0.3, -0.25) is 4.79 Å². The lowest BCUT2D eigenvalue weighted by Crippen LogP contribution is -2.44. The van der Waals surface area contributed by atoms with E-state index in [1.54, 1.807) is 38.1 Å². The summed E-state index contributed by atoms with van der Waals surface area (Å²) in [5.74, 6) is 0.267. The van der Waals surface area contributed by atoms with E-state index < -0.39 is 14.6 Å². The topological polar surface area (TPSA) is 98.5 Å². The zero-order valence-corrected chi connectivity index (χ0v) is 13.4. The summed E-state index contributed by atoms with van der Waals surface area (Å²) >= 11 is 0. The van der Waals surface area contributed by atoms with Gasteiger partial charge in [0.1, 0.15) is 5.75 Å². The number of rotatable bonds is 7. The molecule has 1 aromatic rings. The van der Waals surface area contributed by atoms with Gasteiger partial charge in [-0.1, -0.05) is 12.1 Å². The van der Waals surface area contributed by atoms with Crippen LogP contribution in [0.5, 0.6) is 5.75 Å². The van der Waals surface area contributed by atoms with Crippen molar-refractivity contribution in [1.82, 2.24) is 5.32 Å². The molecule has 0 aliphatic rings. The lowest BCUT2D eigenvalue weighted by Gasteiger charge is -2.22. The van der Waals surface area contributed by atoms with Gasteiger partial charge in [0.2, 0.25) is 5.91 Å². The molecule has 0 bridgehead atoms. The first-order chi connectivity index (χ1) is 9.63. The molecule has 0 saturated heterocycles. The van der Waals surface area contributed by atoms with Crippen molar-refractivity contribution in [3.63, 3.8) is 0 Å². The highest BCUT2D eigenvalue weighted by molar-refractivity contribution is 7.92. The normalized spacial score (nSPS) is 12.0. The Morgan fingerprint density at radius 1 is 1.33 bits per heavy atom. The molecule has 0 saturated carbocycles. The third-order valence-electron chi connectivity index (χ3n) is 3.22. The number of hydrogen-bond donors (Lipinski definition) is 2. The number of nitrogens with one attached hydrogen (secondary N) is 1. The molecule has 0 radical (unpaired) electrons. The van der Waals surface area contributed by atoms with Crippen LogP contribution < -0.4 is 15.8 Å². The van der Waals surface area contributed by atoms with Gasteiger partial charge < -0.3 is 15.8 Å². The second-order valence-electron chi connectivity index (χ2n) is 5.44. The van der Waals surface area contributed by atoms with E-state index in [9.17, 15) is 13.2 Å². The highest BCUT2D eigenvalue weighted by Crippen LogP contribution is 2.19. The van der Waals surface area contributed by atoms with Crippen LogP contribution in [-0.2, 0) is 14.6 Å². The predicted molar refractivity (Wildman–Crippen MR) is 82.9 cm³/mol. The number of hydrogen-bond acceptors (Lipinski definition) is 5. The second kappa shape index (κ2) is 6.80. The van der Waals surface area contributed by atoms with Crippen molar-refractivity contribution in [3.05, 3.63) is 24.3 Å². The van der Waals surface area contributed by atoms with Crippen molar-refractivity contribution >= 4 is 21.4 Å². The fraction of sp³-hybridized carbons (Fsp3) is 0.500. The molecule has 0 unspecified atom stereocenters. The minimum Gasteiger partial charge on any atom is -0.491 e. The lowest BCUT2D eigenvalue weighted by molar-refractivity contribution is -0.121.